The smallest absolute Gasteiger partial charge is 0.400 e. The fraction of sp³-hybridized carbons (Fsp3) is 0.217. The van der Waals surface area contributed by atoms with Crippen LogP contribution in [-0.2, 0) is 4.57 Å². The summed E-state index contributed by atoms with van der Waals surface area (Å²) < 4.78 is 25.9. The number of hydrogen-bond donors (Lipinski definition) is 1. The summed E-state index contributed by atoms with van der Waals surface area (Å²) in [5, 5.41) is 3.55. The molecule has 3 rings (SSSR count). The van der Waals surface area contributed by atoms with Crippen LogP contribution in [0.4, 0.5) is 5.69 Å². The van der Waals surface area contributed by atoms with E-state index in [0.29, 0.717) is 22.2 Å². The summed E-state index contributed by atoms with van der Waals surface area (Å²) in [6, 6.07) is 16.6. The molecule has 152 valence electrons. The van der Waals surface area contributed by atoms with Crippen LogP contribution < -0.4 is 14.1 Å². The maximum Gasteiger partial charge on any atom is 0.541 e. The molecule has 0 heterocycles. The van der Waals surface area contributed by atoms with Crippen LogP contribution in [0.15, 0.2) is 54.6 Å². The maximum absolute atomic E-state index is 13.9. The Hall–Kier alpha value is -2.42. The van der Waals surface area contributed by atoms with Crippen LogP contribution in [0.3, 0.4) is 0 Å². The van der Waals surface area contributed by atoms with Crippen LogP contribution in [-0.4, -0.2) is 0 Å². The molecule has 0 fully saturated rings. The summed E-state index contributed by atoms with van der Waals surface area (Å²) in [5.41, 5.74) is 5.25. The van der Waals surface area contributed by atoms with Crippen molar-refractivity contribution in [3.8, 4) is 11.5 Å². The molecule has 4 nitrogen and oxygen atoms in total. The monoisotopic (exact) mass is 429 g/mol. The molecule has 0 saturated heterocycles. The molecule has 0 bridgehead atoms. The van der Waals surface area contributed by atoms with E-state index in [1.807, 2.05) is 58.9 Å². The van der Waals surface area contributed by atoms with Crippen LogP contribution in [0.5, 0.6) is 11.5 Å². The first-order chi connectivity index (χ1) is 13.7. The van der Waals surface area contributed by atoms with Gasteiger partial charge in [-0.25, -0.2) is 4.57 Å². The van der Waals surface area contributed by atoms with E-state index in [4.69, 9.17) is 20.6 Å². The van der Waals surface area contributed by atoms with Gasteiger partial charge in [-0.15, -0.1) is 0 Å². The highest BCUT2D eigenvalue weighted by Gasteiger charge is 2.31. The van der Waals surface area contributed by atoms with Crippen molar-refractivity contribution >= 4 is 25.0 Å². The molecule has 0 amide bonds. The molecule has 0 atom stereocenters. The predicted octanol–water partition coefficient (Wildman–Crippen LogP) is 7.56. The van der Waals surface area contributed by atoms with E-state index in [1.54, 1.807) is 30.3 Å². The van der Waals surface area contributed by atoms with Gasteiger partial charge in [-0.2, -0.15) is 0 Å². The van der Waals surface area contributed by atoms with Crippen LogP contribution in [0.1, 0.15) is 27.8 Å². The van der Waals surface area contributed by atoms with E-state index >= 15 is 0 Å². The van der Waals surface area contributed by atoms with E-state index in [0.717, 1.165) is 27.8 Å². The molecule has 0 aliphatic carbocycles. The van der Waals surface area contributed by atoms with Crippen molar-refractivity contribution in [3.63, 3.8) is 0 Å². The van der Waals surface area contributed by atoms with Crippen molar-refractivity contribution in [1.29, 1.82) is 0 Å². The minimum Gasteiger partial charge on any atom is -0.400 e. The molecule has 0 aromatic heterocycles. The van der Waals surface area contributed by atoms with Crippen molar-refractivity contribution < 1.29 is 13.6 Å². The zero-order valence-electron chi connectivity index (χ0n) is 17.2. The van der Waals surface area contributed by atoms with Gasteiger partial charge in [-0.3, -0.25) is 5.09 Å². The summed E-state index contributed by atoms with van der Waals surface area (Å²) in [6.07, 6.45) is 0. The van der Waals surface area contributed by atoms with Gasteiger partial charge in [0.05, 0.1) is 0 Å². The lowest BCUT2D eigenvalue weighted by Crippen LogP contribution is -2.12. The van der Waals surface area contributed by atoms with Crippen molar-refractivity contribution in [2.45, 2.75) is 34.6 Å². The van der Waals surface area contributed by atoms with Gasteiger partial charge >= 0.3 is 7.75 Å². The van der Waals surface area contributed by atoms with Gasteiger partial charge in [0.2, 0.25) is 0 Å². The minimum absolute atomic E-state index is 0.505. The molecule has 0 unspecified atom stereocenters. The summed E-state index contributed by atoms with van der Waals surface area (Å²) in [7, 11) is -3.83. The van der Waals surface area contributed by atoms with E-state index < -0.39 is 7.75 Å². The summed E-state index contributed by atoms with van der Waals surface area (Å²) >= 11 is 6.24. The first-order valence-corrected chi connectivity index (χ1v) is 11.3. The van der Waals surface area contributed by atoms with Crippen LogP contribution >= 0.6 is 19.3 Å². The third-order valence-corrected chi connectivity index (χ3v) is 6.87. The lowest BCUT2D eigenvalue weighted by Gasteiger charge is -2.24. The van der Waals surface area contributed by atoms with Gasteiger partial charge in [0.25, 0.3) is 0 Å². The average molecular weight is 430 g/mol. The Labute approximate surface area is 177 Å². The molecule has 0 radical (unpaired) electrons. The third-order valence-electron chi connectivity index (χ3n) is 5.07. The summed E-state index contributed by atoms with van der Waals surface area (Å²) in [5.74, 6) is 1.01. The number of hydrogen-bond acceptors (Lipinski definition) is 3. The van der Waals surface area contributed by atoms with Gasteiger partial charge in [0.15, 0.2) is 0 Å². The predicted molar refractivity (Wildman–Crippen MR) is 121 cm³/mol. The molecule has 29 heavy (non-hydrogen) atoms. The number of halogens is 1. The Morgan fingerprint density at radius 2 is 1.21 bits per heavy atom. The third kappa shape index (κ3) is 4.77. The van der Waals surface area contributed by atoms with E-state index in [9.17, 15) is 4.57 Å². The lowest BCUT2D eigenvalue weighted by molar-refractivity contribution is 0.390. The second kappa shape index (κ2) is 8.52. The van der Waals surface area contributed by atoms with Gasteiger partial charge in [0, 0.05) is 10.7 Å². The number of anilines is 1. The Balaban J connectivity index is 2.04. The zero-order valence-corrected chi connectivity index (χ0v) is 18.9. The number of nitrogens with one attached hydrogen (secondary N) is 1. The Kier molecular flexibility index (Phi) is 6.26. The zero-order chi connectivity index (χ0) is 21.2. The molecule has 0 spiro atoms. The minimum atomic E-state index is -3.83. The highest BCUT2D eigenvalue weighted by molar-refractivity contribution is 7.56. The fourth-order valence-electron chi connectivity index (χ4n) is 2.85. The second-order valence-corrected chi connectivity index (χ2v) is 9.09. The number of aryl methyl sites for hydroxylation is 2. The molecule has 0 aliphatic rings. The van der Waals surface area contributed by atoms with Gasteiger partial charge < -0.3 is 9.05 Å². The maximum atomic E-state index is 13.9. The average Bonchev–Trinajstić information content (AvgIpc) is 2.67. The SMILES string of the molecule is Cc1cccc(OP(=O)(Nc2cccc(Cl)c2C)Oc2cccc(C)c2C)c1C. The fourth-order valence-corrected chi connectivity index (χ4v) is 4.60. The van der Waals surface area contributed by atoms with E-state index in [1.165, 1.54) is 0 Å². The van der Waals surface area contributed by atoms with E-state index in [2.05, 4.69) is 5.09 Å². The van der Waals surface area contributed by atoms with Crippen molar-refractivity contribution in [2.75, 3.05) is 5.09 Å². The molecule has 3 aromatic carbocycles. The Morgan fingerprint density at radius 1 is 0.724 bits per heavy atom. The van der Waals surface area contributed by atoms with E-state index in [-0.39, 0.29) is 0 Å². The number of rotatable bonds is 6. The van der Waals surface area contributed by atoms with Gasteiger partial charge in [-0.1, -0.05) is 41.9 Å². The topological polar surface area (TPSA) is 47.6 Å². The van der Waals surface area contributed by atoms with Gasteiger partial charge in [-0.05, 0) is 86.7 Å². The second-order valence-electron chi connectivity index (χ2n) is 7.10. The van der Waals surface area contributed by atoms with Crippen molar-refractivity contribution in [1.82, 2.24) is 0 Å². The molecule has 3 aromatic rings. The van der Waals surface area contributed by atoms with Crippen molar-refractivity contribution in [2.24, 2.45) is 0 Å². The lowest BCUT2D eigenvalue weighted by atomic mass is 10.1. The molecule has 0 aliphatic heterocycles. The first-order valence-electron chi connectivity index (χ1n) is 9.35. The quantitative estimate of drug-likeness (QED) is 0.410. The molecule has 0 saturated carbocycles. The molecular formula is C23H25ClNO3P. The molecular weight excluding hydrogens is 405 g/mol. The molecule has 1 N–H and O–H groups in total. The largest absolute Gasteiger partial charge is 0.541 e. The Morgan fingerprint density at radius 3 is 1.72 bits per heavy atom. The first kappa shape index (κ1) is 21.3. The molecule has 6 heteroatoms. The van der Waals surface area contributed by atoms with Crippen LogP contribution in [0, 0.1) is 34.6 Å². The highest BCUT2D eigenvalue weighted by Crippen LogP contribution is 2.50. The summed E-state index contributed by atoms with van der Waals surface area (Å²) in [4.78, 5) is 0. The van der Waals surface area contributed by atoms with Crippen LogP contribution in [0.2, 0.25) is 5.02 Å². The standard InChI is InChI=1S/C23H25ClNO3P/c1-15-9-6-13-22(17(15)3)27-29(26,25-21-12-8-11-20(24)19(21)5)28-23-14-7-10-16(2)18(23)4/h6-14H,1-5H3,(H,25,26). The van der Waals surface area contributed by atoms with Crippen molar-refractivity contribution in [3.05, 3.63) is 87.4 Å². The van der Waals surface area contributed by atoms with Crippen LogP contribution in [0.25, 0.3) is 0 Å². The highest BCUT2D eigenvalue weighted by atomic mass is 35.5. The van der Waals surface area contributed by atoms with Gasteiger partial charge in [0.1, 0.15) is 11.5 Å². The Bertz CT molecular complexity index is 961. The summed E-state index contributed by atoms with van der Waals surface area (Å²) in [6.45, 7) is 9.67. The normalized spacial score (nSPS) is 11.2. The number of benzene rings is 3.